The molecule has 0 unspecified atom stereocenters. The van der Waals surface area contributed by atoms with Gasteiger partial charge >= 0.3 is 5.97 Å². The van der Waals surface area contributed by atoms with Gasteiger partial charge in [-0.3, -0.25) is 15.6 Å². The number of aromatic carboxylic acids is 1. The molecule has 12 fully saturated rings. The van der Waals surface area contributed by atoms with Gasteiger partial charge in [-0.25, -0.2) is 4.79 Å². The second-order valence-corrected chi connectivity index (χ2v) is 31.6. The van der Waals surface area contributed by atoms with E-state index in [1.54, 1.807) is 0 Å². The second kappa shape index (κ2) is 18.7. The van der Waals surface area contributed by atoms with Crippen molar-refractivity contribution in [2.75, 3.05) is 26.4 Å². The van der Waals surface area contributed by atoms with Gasteiger partial charge in [-0.05, 0) is 241 Å². The minimum absolute atomic E-state index is 0.0111. The van der Waals surface area contributed by atoms with E-state index in [2.05, 4.69) is 16.9 Å². The number of hydrazine groups is 1. The number of phenols is 2. The highest BCUT2D eigenvalue weighted by molar-refractivity contribution is 6.11. The summed E-state index contributed by atoms with van der Waals surface area (Å²) in [4.78, 5) is 25.8. The monoisotopic (exact) mass is 1160 g/mol. The number of carboxylic acid groups (broad SMARTS) is 1. The van der Waals surface area contributed by atoms with Crippen LogP contribution in [0.4, 0.5) is 0 Å². The Kier molecular flexibility index (Phi) is 12.4. The fourth-order valence-electron chi connectivity index (χ4n) is 25.4. The number of allylic oxidation sites excluding steroid dienone is 1. The molecule has 4 aliphatic heterocycles. The topological polar surface area (TPSA) is 237 Å². The number of hydrogen-bond donors (Lipinski definition) is 9. The first-order valence-electron chi connectivity index (χ1n) is 33.2. The number of carbonyl (C=O) groups is 2. The van der Waals surface area contributed by atoms with Gasteiger partial charge in [-0.1, -0.05) is 38.2 Å². The maximum Gasteiger partial charge on any atom is 0.335 e. The molecule has 456 valence electrons. The molecule has 0 radical (unpaired) electrons. The van der Waals surface area contributed by atoms with Gasteiger partial charge in [0.25, 0.3) is 0 Å². The highest BCUT2D eigenvalue weighted by Gasteiger charge is 2.79. The van der Waals surface area contributed by atoms with Gasteiger partial charge in [0.05, 0.1) is 35.3 Å². The molecular weight excluding hydrogens is 1060 g/mol. The summed E-state index contributed by atoms with van der Waals surface area (Å²) < 4.78 is 29.0. The molecule has 2 bridgehead atoms. The molecule has 16 atom stereocenters. The van der Waals surface area contributed by atoms with E-state index in [9.17, 15) is 45.3 Å². The number of ketones is 1. The predicted molar refractivity (Wildman–Crippen MR) is 311 cm³/mol. The minimum atomic E-state index is -1.83. The molecule has 2 aromatic carbocycles. The number of hydrogen-bond acceptors (Lipinski definition) is 14. The molecule has 0 amide bonds. The molecule has 9 spiro atoms. The third kappa shape index (κ3) is 7.31. The van der Waals surface area contributed by atoms with Crippen LogP contribution in [-0.2, 0) is 14.2 Å². The average Bonchev–Trinajstić information content (AvgIpc) is 1.38. The van der Waals surface area contributed by atoms with E-state index >= 15 is 0 Å². The van der Waals surface area contributed by atoms with Crippen molar-refractivity contribution in [2.45, 2.75) is 247 Å². The molecule has 14 aliphatic rings. The fourth-order valence-corrected chi connectivity index (χ4v) is 25.4. The van der Waals surface area contributed by atoms with E-state index in [1.807, 2.05) is 0 Å². The third-order valence-corrected chi connectivity index (χ3v) is 28.0. The number of phenolic OH excluding ortho intramolecular Hbond substituents is 2. The summed E-state index contributed by atoms with van der Waals surface area (Å²) in [6.07, 6.45) is 28.2. The summed E-state index contributed by atoms with van der Waals surface area (Å²) in [5, 5.41) is 83.5. The Morgan fingerprint density at radius 1 is 0.786 bits per heavy atom. The van der Waals surface area contributed by atoms with Crippen LogP contribution in [0.2, 0.25) is 0 Å². The van der Waals surface area contributed by atoms with Crippen molar-refractivity contribution in [3.8, 4) is 17.2 Å². The fraction of sp³-hybridized carbons (Fsp3) is 0.768. The summed E-state index contributed by atoms with van der Waals surface area (Å²) in [5.74, 6) is -3.10. The van der Waals surface area contributed by atoms with E-state index in [1.165, 1.54) is 146 Å². The zero-order valence-corrected chi connectivity index (χ0v) is 49.8. The van der Waals surface area contributed by atoms with Crippen molar-refractivity contribution in [3.05, 3.63) is 51.6 Å². The molecular formula is C69H92N2O13. The molecule has 2 aromatic rings. The largest absolute Gasteiger partial charge is 0.507 e. The zero-order chi connectivity index (χ0) is 57.8. The minimum Gasteiger partial charge on any atom is -0.507 e. The molecule has 16 rings (SSSR count). The van der Waals surface area contributed by atoms with E-state index in [0.717, 1.165) is 57.4 Å². The molecule has 9 N–H and O–H groups in total. The number of Topliss-reactive ketones (excluding diaryl/α,β-unsaturated/α-hetero) is 1. The molecule has 15 heteroatoms. The molecule has 4 heterocycles. The van der Waals surface area contributed by atoms with Crippen LogP contribution in [0.1, 0.15) is 219 Å². The van der Waals surface area contributed by atoms with E-state index in [-0.39, 0.29) is 86.3 Å². The van der Waals surface area contributed by atoms with Gasteiger partial charge in [0.1, 0.15) is 41.2 Å². The Balaban J connectivity index is 0.853. The number of carboxylic acids is 1. The van der Waals surface area contributed by atoms with Crippen LogP contribution in [0.5, 0.6) is 17.2 Å². The quantitative estimate of drug-likeness (QED) is 0.0883. The molecule has 84 heavy (non-hydrogen) atoms. The third-order valence-electron chi connectivity index (χ3n) is 28.0. The Labute approximate surface area is 494 Å². The number of rotatable bonds is 8. The lowest BCUT2D eigenvalue weighted by molar-refractivity contribution is -0.349. The molecule has 9 saturated carbocycles. The number of carbonyl (C=O) groups excluding carboxylic acids is 1. The van der Waals surface area contributed by atoms with Crippen LogP contribution < -0.4 is 15.6 Å². The lowest BCUT2D eigenvalue weighted by Gasteiger charge is -2.72. The maximum absolute atomic E-state index is 13.8. The Morgan fingerprint density at radius 2 is 1.51 bits per heavy atom. The maximum atomic E-state index is 13.8. The summed E-state index contributed by atoms with van der Waals surface area (Å²) in [7, 11) is 0. The second-order valence-electron chi connectivity index (χ2n) is 31.6. The molecule has 0 aromatic heterocycles. The zero-order valence-electron chi connectivity index (χ0n) is 49.8. The molecule has 10 aliphatic carbocycles. The van der Waals surface area contributed by atoms with Gasteiger partial charge in [-0.15, -0.1) is 0 Å². The van der Waals surface area contributed by atoms with Crippen LogP contribution in [0.3, 0.4) is 0 Å². The number of aliphatic hydroxyl groups is 4. The average molecular weight is 1160 g/mol. The van der Waals surface area contributed by atoms with Crippen LogP contribution in [0.15, 0.2) is 34.9 Å². The van der Waals surface area contributed by atoms with Gasteiger partial charge in [0.15, 0.2) is 5.78 Å². The van der Waals surface area contributed by atoms with Gasteiger partial charge in [0, 0.05) is 47.1 Å². The Hall–Kier alpha value is -3.64. The number of aromatic hydroxyl groups is 2. The van der Waals surface area contributed by atoms with E-state index in [0.29, 0.717) is 48.7 Å². The highest BCUT2D eigenvalue weighted by atomic mass is 16.7. The van der Waals surface area contributed by atoms with Crippen LogP contribution >= 0.6 is 0 Å². The number of benzene rings is 2. The van der Waals surface area contributed by atoms with Gasteiger partial charge in [0.2, 0.25) is 6.29 Å². The smallest absolute Gasteiger partial charge is 0.335 e. The number of ether oxygens (including phenoxy) is 4. The number of nitrogens with one attached hydrogen (secondary N) is 2. The summed E-state index contributed by atoms with van der Waals surface area (Å²) in [6, 6.07) is 2.63. The summed E-state index contributed by atoms with van der Waals surface area (Å²) in [5.41, 5.74) is 9.88. The SMILES string of the molecule is CC(=O)c1c(C)c(O)c2cc(C(=O)O)cc(O[C@@H]3O[C@H](CO)[C@]4(C[C@@H]5C6=C(CC=C6[C@]6(CCCO)COC[C@H]7C[C@@]89C[C@]5(NN[C@@H]8C[C@@]5(CCC[C@@]58CCC5(CCCC5)C8)C9)[C@@H]76)[C@@]5(CCC[C@@]6(CCC7(CCCC7)C6)C5)O4)[C@H](O)[C@H]3O)c2c1O. The first-order valence-corrected chi connectivity index (χ1v) is 33.2. The predicted octanol–water partition coefficient (Wildman–Crippen LogP) is 10.4. The first-order chi connectivity index (χ1) is 40.3. The Morgan fingerprint density at radius 3 is 2.26 bits per heavy atom. The van der Waals surface area contributed by atoms with Gasteiger partial charge < -0.3 is 54.7 Å². The molecule has 15 nitrogen and oxygen atoms in total. The van der Waals surface area contributed by atoms with Crippen molar-refractivity contribution < 1.29 is 64.3 Å². The summed E-state index contributed by atoms with van der Waals surface area (Å²) in [6.45, 7) is 3.42. The van der Waals surface area contributed by atoms with E-state index < -0.39 is 76.6 Å². The van der Waals surface area contributed by atoms with Crippen molar-refractivity contribution in [1.29, 1.82) is 0 Å². The lowest BCUT2D eigenvalue weighted by atomic mass is 9.38. The van der Waals surface area contributed by atoms with Gasteiger partial charge in [-0.2, -0.15) is 0 Å². The van der Waals surface area contributed by atoms with Crippen molar-refractivity contribution in [3.63, 3.8) is 0 Å². The van der Waals surface area contributed by atoms with Crippen LogP contribution in [0, 0.1) is 62.6 Å². The lowest BCUT2D eigenvalue weighted by Crippen LogP contribution is -2.81. The standard InChI is InChI=1S/C69H92N2O13/c1-39-50(40(2)74)54(76)51-43(53(39)75)26-41(58(79)80)27-47(51)82-59-55(77)57(78)69(49(31-73)83-59)29-46-52-44(10-11-45(52)67(84-69)20-7-16-62(35-67)22-21-60(33-62)12-3-4-13-60)66(19-9-25-72)38-81-32-42-28-63-36-65(30-48(63)70-71-68(46,37-63)56(42)66)18-8-17-64(65)24-23-61(34-64)14-5-6-15-61/h10,26-27,42,46,48-49,55-57,59,70-73,75-78H,3-9,11-25,28-38H2,1-2H3,(H,79,80)/t42-,46-,48-,49-,55-,56+,57-,59-,62+,63-,64+,65+,66+,67+,68-,69-/m1/s1. The first kappa shape index (κ1) is 55.7. The number of aliphatic hydroxyl groups excluding tert-OH is 4. The normalized spacial score (nSPS) is 45.4. The van der Waals surface area contributed by atoms with E-state index in [4.69, 9.17) is 18.9 Å². The van der Waals surface area contributed by atoms with Crippen molar-refractivity contribution >= 4 is 22.5 Å². The van der Waals surface area contributed by atoms with Crippen LogP contribution in [0.25, 0.3) is 10.8 Å². The van der Waals surface area contributed by atoms with Crippen molar-refractivity contribution in [1.82, 2.24) is 10.9 Å². The Bertz CT molecular complexity index is 3180. The highest BCUT2D eigenvalue weighted by Crippen LogP contribution is 2.80. The van der Waals surface area contributed by atoms with Crippen molar-refractivity contribution in [2.24, 2.45) is 55.7 Å². The molecule has 3 saturated heterocycles. The number of fused-ring (bicyclic) bond motifs is 4. The van der Waals surface area contributed by atoms with Crippen LogP contribution in [-0.4, -0.2) is 121 Å². The summed E-state index contributed by atoms with van der Waals surface area (Å²) >= 11 is 0.